The zero-order valence-corrected chi connectivity index (χ0v) is 14.5. The molecule has 0 saturated heterocycles. The van der Waals surface area contributed by atoms with Crippen LogP contribution in [0.5, 0.6) is 11.5 Å². The third-order valence-electron chi connectivity index (χ3n) is 3.06. The van der Waals surface area contributed by atoms with Crippen LogP contribution in [0.2, 0.25) is 0 Å². The van der Waals surface area contributed by atoms with Gasteiger partial charge in [-0.05, 0) is 18.1 Å². The van der Waals surface area contributed by atoms with Crippen LogP contribution in [0.15, 0.2) is 23.6 Å². The van der Waals surface area contributed by atoms with Gasteiger partial charge >= 0.3 is 0 Å². The van der Waals surface area contributed by atoms with Crippen molar-refractivity contribution in [2.45, 2.75) is 13.8 Å². The van der Waals surface area contributed by atoms with Crippen LogP contribution in [-0.4, -0.2) is 31.7 Å². The van der Waals surface area contributed by atoms with E-state index in [1.165, 1.54) is 11.3 Å². The Hall–Kier alpha value is -2.28. The molecule has 1 amide bonds. The van der Waals surface area contributed by atoms with E-state index in [1.807, 2.05) is 0 Å². The Labute approximate surface area is 139 Å². The van der Waals surface area contributed by atoms with Crippen LogP contribution in [0.1, 0.15) is 24.3 Å². The van der Waals surface area contributed by atoms with Gasteiger partial charge in [-0.1, -0.05) is 13.8 Å². The number of carbonyl (C=O) groups is 1. The van der Waals surface area contributed by atoms with Crippen molar-refractivity contribution in [3.8, 4) is 11.5 Å². The molecule has 124 valence electrons. The Kier molecular flexibility index (Phi) is 5.81. The summed E-state index contributed by atoms with van der Waals surface area (Å²) in [6, 6.07) is 5.21. The minimum absolute atomic E-state index is 0.276. The van der Waals surface area contributed by atoms with Crippen molar-refractivity contribution in [1.29, 1.82) is 0 Å². The lowest BCUT2D eigenvalue weighted by atomic mass is 10.2. The van der Waals surface area contributed by atoms with Crippen LogP contribution >= 0.6 is 11.3 Å². The van der Waals surface area contributed by atoms with Crippen LogP contribution in [0, 0.1) is 5.92 Å². The molecule has 0 spiro atoms. The number of carbonyl (C=O) groups excluding carboxylic acids is 1. The number of methoxy groups -OCH3 is 2. The van der Waals surface area contributed by atoms with Gasteiger partial charge in [-0.3, -0.25) is 4.79 Å². The summed E-state index contributed by atoms with van der Waals surface area (Å²) >= 11 is 1.41. The largest absolute Gasteiger partial charge is 0.497 e. The molecule has 7 heteroatoms. The second-order valence-corrected chi connectivity index (χ2v) is 6.19. The molecule has 0 radical (unpaired) electrons. The number of ether oxygens (including phenoxy) is 2. The first-order valence-electron chi connectivity index (χ1n) is 7.26. The second kappa shape index (κ2) is 7.82. The number of thiazole rings is 1. The van der Waals surface area contributed by atoms with Gasteiger partial charge in [-0.25, -0.2) is 4.98 Å². The number of rotatable bonds is 7. The highest BCUT2D eigenvalue weighted by molar-refractivity contribution is 7.13. The van der Waals surface area contributed by atoms with Gasteiger partial charge in [0.25, 0.3) is 5.91 Å². The summed E-state index contributed by atoms with van der Waals surface area (Å²) in [6.07, 6.45) is 0. The average Bonchev–Trinajstić information content (AvgIpc) is 3.02. The van der Waals surface area contributed by atoms with Crippen molar-refractivity contribution in [2.75, 3.05) is 31.4 Å². The van der Waals surface area contributed by atoms with E-state index in [2.05, 4.69) is 29.5 Å². The minimum atomic E-state index is -0.276. The molecule has 2 N–H and O–H groups in total. The molecule has 1 aromatic heterocycles. The van der Waals surface area contributed by atoms with Gasteiger partial charge in [0, 0.05) is 18.0 Å². The van der Waals surface area contributed by atoms with Crippen LogP contribution in [0.3, 0.4) is 0 Å². The van der Waals surface area contributed by atoms with E-state index >= 15 is 0 Å². The van der Waals surface area contributed by atoms with Gasteiger partial charge in [-0.2, -0.15) is 0 Å². The molecule has 0 aliphatic rings. The summed E-state index contributed by atoms with van der Waals surface area (Å²) in [5.74, 6) is 1.43. The van der Waals surface area contributed by atoms with E-state index in [4.69, 9.17) is 9.47 Å². The van der Waals surface area contributed by atoms with Gasteiger partial charge in [0.15, 0.2) is 5.13 Å². The number of hydrogen-bond donors (Lipinski definition) is 2. The van der Waals surface area contributed by atoms with Crippen LogP contribution < -0.4 is 20.1 Å². The molecular weight excluding hydrogens is 314 g/mol. The van der Waals surface area contributed by atoms with Gasteiger partial charge < -0.3 is 20.1 Å². The molecule has 0 saturated carbocycles. The SMILES string of the molecule is COc1ccc(NC(=O)c2csc(NCC(C)C)n2)c(OC)c1. The van der Waals surface area contributed by atoms with E-state index in [9.17, 15) is 4.79 Å². The highest BCUT2D eigenvalue weighted by atomic mass is 32.1. The number of amides is 1. The van der Waals surface area contributed by atoms with Crippen LogP contribution in [0.25, 0.3) is 0 Å². The molecule has 0 atom stereocenters. The highest BCUT2D eigenvalue weighted by Crippen LogP contribution is 2.29. The summed E-state index contributed by atoms with van der Waals surface area (Å²) in [7, 11) is 3.12. The molecule has 23 heavy (non-hydrogen) atoms. The van der Waals surface area contributed by atoms with Crippen molar-refractivity contribution < 1.29 is 14.3 Å². The number of hydrogen-bond acceptors (Lipinski definition) is 6. The lowest BCUT2D eigenvalue weighted by Crippen LogP contribution is -2.13. The van der Waals surface area contributed by atoms with E-state index < -0.39 is 0 Å². The third kappa shape index (κ3) is 4.59. The molecule has 1 aromatic carbocycles. The second-order valence-electron chi connectivity index (χ2n) is 5.33. The number of anilines is 2. The summed E-state index contributed by atoms with van der Waals surface area (Å²) in [4.78, 5) is 16.6. The molecule has 1 heterocycles. The number of nitrogens with one attached hydrogen (secondary N) is 2. The predicted octanol–water partition coefficient (Wildman–Crippen LogP) is 3.48. The first kappa shape index (κ1) is 17.1. The fourth-order valence-corrected chi connectivity index (χ4v) is 2.54. The van der Waals surface area contributed by atoms with Gasteiger partial charge in [0.1, 0.15) is 17.2 Å². The van der Waals surface area contributed by atoms with Crippen molar-refractivity contribution in [3.63, 3.8) is 0 Å². The Morgan fingerprint density at radius 2 is 2.09 bits per heavy atom. The lowest BCUT2D eigenvalue weighted by Gasteiger charge is -2.10. The molecule has 0 unspecified atom stereocenters. The Balaban J connectivity index is 2.07. The predicted molar refractivity (Wildman–Crippen MR) is 92.9 cm³/mol. The van der Waals surface area contributed by atoms with E-state index in [0.717, 1.165) is 11.7 Å². The summed E-state index contributed by atoms with van der Waals surface area (Å²) in [5, 5.41) is 8.48. The fraction of sp³-hybridized carbons (Fsp3) is 0.375. The standard InChI is InChI=1S/C16H21N3O3S/c1-10(2)8-17-16-19-13(9-23-16)15(20)18-12-6-5-11(21-3)7-14(12)22-4/h5-7,9-10H,8H2,1-4H3,(H,17,19)(H,18,20). The summed E-state index contributed by atoms with van der Waals surface area (Å²) in [6.45, 7) is 5.05. The Morgan fingerprint density at radius 3 is 2.74 bits per heavy atom. The van der Waals surface area contributed by atoms with Gasteiger partial charge in [0.2, 0.25) is 0 Å². The molecule has 0 bridgehead atoms. The minimum Gasteiger partial charge on any atom is -0.497 e. The topological polar surface area (TPSA) is 72.5 Å². The maximum atomic E-state index is 12.3. The van der Waals surface area contributed by atoms with Crippen molar-refractivity contribution in [3.05, 3.63) is 29.3 Å². The molecule has 0 aliphatic heterocycles. The molecule has 2 aromatic rings. The van der Waals surface area contributed by atoms with Gasteiger partial charge in [0.05, 0.1) is 19.9 Å². The normalized spacial score (nSPS) is 10.5. The number of benzene rings is 1. The fourth-order valence-electron chi connectivity index (χ4n) is 1.84. The molecule has 0 aliphatic carbocycles. The van der Waals surface area contributed by atoms with Crippen LogP contribution in [0.4, 0.5) is 10.8 Å². The van der Waals surface area contributed by atoms with Crippen molar-refractivity contribution in [1.82, 2.24) is 4.98 Å². The van der Waals surface area contributed by atoms with Crippen LogP contribution in [-0.2, 0) is 0 Å². The maximum absolute atomic E-state index is 12.3. The Morgan fingerprint density at radius 1 is 1.30 bits per heavy atom. The van der Waals surface area contributed by atoms with E-state index in [1.54, 1.807) is 37.8 Å². The summed E-state index contributed by atoms with van der Waals surface area (Å²) < 4.78 is 10.4. The molecular formula is C16H21N3O3S. The quantitative estimate of drug-likeness (QED) is 0.810. The highest BCUT2D eigenvalue weighted by Gasteiger charge is 2.14. The number of aromatic nitrogens is 1. The zero-order chi connectivity index (χ0) is 16.8. The van der Waals surface area contributed by atoms with E-state index in [-0.39, 0.29) is 5.91 Å². The van der Waals surface area contributed by atoms with Gasteiger partial charge in [-0.15, -0.1) is 11.3 Å². The monoisotopic (exact) mass is 335 g/mol. The Bertz CT molecular complexity index is 670. The average molecular weight is 335 g/mol. The first-order chi connectivity index (χ1) is 11.0. The smallest absolute Gasteiger partial charge is 0.275 e. The van der Waals surface area contributed by atoms with Crippen molar-refractivity contribution >= 4 is 28.1 Å². The summed E-state index contributed by atoms with van der Waals surface area (Å²) in [5.41, 5.74) is 0.946. The molecule has 0 fully saturated rings. The maximum Gasteiger partial charge on any atom is 0.275 e. The van der Waals surface area contributed by atoms with E-state index in [0.29, 0.717) is 28.8 Å². The first-order valence-corrected chi connectivity index (χ1v) is 8.14. The molecule has 6 nitrogen and oxygen atoms in total. The lowest BCUT2D eigenvalue weighted by molar-refractivity contribution is 0.102. The number of nitrogens with zero attached hydrogens (tertiary/aromatic N) is 1. The zero-order valence-electron chi connectivity index (χ0n) is 13.7. The third-order valence-corrected chi connectivity index (χ3v) is 3.86. The molecule has 2 rings (SSSR count). The van der Waals surface area contributed by atoms with Crippen molar-refractivity contribution in [2.24, 2.45) is 5.92 Å².